The summed E-state index contributed by atoms with van der Waals surface area (Å²) in [6.45, 7) is 0.428. The summed E-state index contributed by atoms with van der Waals surface area (Å²) in [5.41, 5.74) is 0.970. The molecule has 0 fully saturated rings. The SMILES string of the molecule is CN(CCS(C)(=O)=O)c1cc(CCl)ccn1. The third-order valence-corrected chi connectivity index (χ3v) is 3.39. The van der Waals surface area contributed by atoms with E-state index >= 15 is 0 Å². The van der Waals surface area contributed by atoms with Crippen LogP contribution in [0.25, 0.3) is 0 Å². The van der Waals surface area contributed by atoms with Crippen LogP contribution < -0.4 is 4.90 Å². The average molecular weight is 263 g/mol. The number of rotatable bonds is 5. The van der Waals surface area contributed by atoms with Crippen LogP contribution >= 0.6 is 11.6 Å². The Balaban J connectivity index is 2.69. The maximum absolute atomic E-state index is 11.0. The van der Waals surface area contributed by atoms with Crippen LogP contribution in [0.15, 0.2) is 18.3 Å². The Morgan fingerprint density at radius 2 is 2.19 bits per heavy atom. The molecular formula is C10H15ClN2O2S. The molecule has 1 rings (SSSR count). The molecule has 1 aromatic heterocycles. The van der Waals surface area contributed by atoms with E-state index in [2.05, 4.69) is 4.98 Å². The number of aromatic nitrogens is 1. The highest BCUT2D eigenvalue weighted by molar-refractivity contribution is 7.90. The van der Waals surface area contributed by atoms with E-state index in [4.69, 9.17) is 11.6 Å². The Morgan fingerprint density at radius 1 is 1.50 bits per heavy atom. The summed E-state index contributed by atoms with van der Waals surface area (Å²) in [6, 6.07) is 3.69. The van der Waals surface area contributed by atoms with E-state index in [9.17, 15) is 8.42 Å². The lowest BCUT2D eigenvalue weighted by atomic mass is 10.3. The maximum atomic E-state index is 11.0. The molecule has 0 amide bonds. The number of alkyl halides is 1. The number of sulfone groups is 1. The highest BCUT2D eigenvalue weighted by Crippen LogP contribution is 2.12. The first kappa shape index (κ1) is 13.3. The number of anilines is 1. The standard InChI is InChI=1S/C10H15ClN2O2S/c1-13(5-6-16(2,14)15)10-7-9(8-11)3-4-12-10/h3-4,7H,5-6,8H2,1-2H3. The van der Waals surface area contributed by atoms with Crippen LogP contribution in [-0.2, 0) is 15.7 Å². The van der Waals surface area contributed by atoms with Gasteiger partial charge in [-0.1, -0.05) is 0 Å². The van der Waals surface area contributed by atoms with Crippen molar-refractivity contribution in [3.05, 3.63) is 23.9 Å². The van der Waals surface area contributed by atoms with Crippen molar-refractivity contribution in [2.45, 2.75) is 5.88 Å². The van der Waals surface area contributed by atoms with Gasteiger partial charge in [-0.2, -0.15) is 0 Å². The maximum Gasteiger partial charge on any atom is 0.149 e. The summed E-state index contributed by atoms with van der Waals surface area (Å²) >= 11 is 5.71. The predicted octanol–water partition coefficient (Wildman–Crippen LogP) is 1.30. The van der Waals surface area contributed by atoms with Gasteiger partial charge in [0.1, 0.15) is 15.7 Å². The zero-order chi connectivity index (χ0) is 12.2. The third-order valence-electron chi connectivity index (χ3n) is 2.15. The number of hydrogen-bond acceptors (Lipinski definition) is 4. The summed E-state index contributed by atoms with van der Waals surface area (Å²) in [7, 11) is -1.13. The molecule has 0 aliphatic carbocycles. The second kappa shape index (κ2) is 5.50. The van der Waals surface area contributed by atoms with Gasteiger partial charge < -0.3 is 4.90 Å². The van der Waals surface area contributed by atoms with Gasteiger partial charge >= 0.3 is 0 Å². The van der Waals surface area contributed by atoms with Gasteiger partial charge in [0.2, 0.25) is 0 Å². The molecule has 0 aliphatic heterocycles. The number of pyridine rings is 1. The van der Waals surface area contributed by atoms with Gasteiger partial charge in [0.05, 0.1) is 5.75 Å². The van der Waals surface area contributed by atoms with E-state index in [1.165, 1.54) is 6.26 Å². The normalized spacial score (nSPS) is 11.4. The van der Waals surface area contributed by atoms with Gasteiger partial charge in [-0.15, -0.1) is 11.6 Å². The topological polar surface area (TPSA) is 50.3 Å². The first-order chi connectivity index (χ1) is 7.42. The van der Waals surface area contributed by atoms with Crippen LogP contribution in [-0.4, -0.2) is 39.0 Å². The summed E-state index contributed by atoms with van der Waals surface area (Å²) in [5, 5.41) is 0. The minimum atomic E-state index is -2.94. The molecule has 90 valence electrons. The Bertz CT molecular complexity index is 448. The molecule has 4 nitrogen and oxygen atoms in total. The van der Waals surface area contributed by atoms with Crippen molar-refractivity contribution in [2.75, 3.05) is 30.5 Å². The van der Waals surface area contributed by atoms with E-state index in [0.29, 0.717) is 12.4 Å². The van der Waals surface area contributed by atoms with Crippen LogP contribution in [0.2, 0.25) is 0 Å². The van der Waals surface area contributed by atoms with E-state index in [1.54, 1.807) is 11.1 Å². The average Bonchev–Trinajstić information content (AvgIpc) is 2.25. The lowest BCUT2D eigenvalue weighted by molar-refractivity contribution is 0.601. The highest BCUT2D eigenvalue weighted by atomic mass is 35.5. The van der Waals surface area contributed by atoms with Gasteiger partial charge in [0, 0.05) is 31.9 Å². The molecule has 1 heterocycles. The molecule has 6 heteroatoms. The molecule has 0 unspecified atom stereocenters. The van der Waals surface area contributed by atoms with E-state index in [1.807, 2.05) is 19.2 Å². The Hall–Kier alpha value is -0.810. The van der Waals surface area contributed by atoms with Crippen LogP contribution in [0, 0.1) is 0 Å². The minimum absolute atomic E-state index is 0.121. The molecule has 0 aromatic carbocycles. The number of nitrogens with zero attached hydrogens (tertiary/aromatic N) is 2. The van der Waals surface area contributed by atoms with Gasteiger partial charge in [0.15, 0.2) is 0 Å². The fourth-order valence-corrected chi connectivity index (χ4v) is 1.94. The van der Waals surface area contributed by atoms with Crippen molar-refractivity contribution < 1.29 is 8.42 Å². The fraction of sp³-hybridized carbons (Fsp3) is 0.500. The first-order valence-electron chi connectivity index (χ1n) is 4.82. The second-order valence-electron chi connectivity index (χ2n) is 3.71. The molecule has 0 bridgehead atoms. The largest absolute Gasteiger partial charge is 0.359 e. The Labute approximate surface area is 101 Å². The molecule has 0 spiro atoms. The quantitative estimate of drug-likeness (QED) is 0.751. The van der Waals surface area contributed by atoms with Gasteiger partial charge in [-0.05, 0) is 17.7 Å². The molecule has 0 saturated heterocycles. The fourth-order valence-electron chi connectivity index (χ4n) is 1.17. The molecule has 0 aliphatic rings. The predicted molar refractivity (Wildman–Crippen MR) is 66.8 cm³/mol. The molecule has 0 saturated carbocycles. The number of halogens is 1. The summed E-state index contributed by atoms with van der Waals surface area (Å²) in [4.78, 5) is 5.96. The Morgan fingerprint density at radius 3 is 2.75 bits per heavy atom. The molecule has 1 aromatic rings. The molecule has 0 radical (unpaired) electrons. The zero-order valence-electron chi connectivity index (χ0n) is 9.35. The number of hydrogen-bond donors (Lipinski definition) is 0. The smallest absolute Gasteiger partial charge is 0.149 e. The van der Waals surface area contributed by atoms with Gasteiger partial charge in [-0.25, -0.2) is 13.4 Å². The second-order valence-corrected chi connectivity index (χ2v) is 6.23. The Kier molecular flexibility index (Phi) is 4.56. The lowest BCUT2D eigenvalue weighted by Gasteiger charge is -2.17. The van der Waals surface area contributed by atoms with Crippen molar-refractivity contribution in [1.29, 1.82) is 0 Å². The van der Waals surface area contributed by atoms with Gasteiger partial charge in [-0.3, -0.25) is 0 Å². The lowest BCUT2D eigenvalue weighted by Crippen LogP contribution is -2.25. The van der Waals surface area contributed by atoms with E-state index in [-0.39, 0.29) is 5.75 Å². The monoisotopic (exact) mass is 262 g/mol. The third kappa shape index (κ3) is 4.37. The van der Waals surface area contributed by atoms with Crippen LogP contribution in [0.3, 0.4) is 0 Å². The molecule has 16 heavy (non-hydrogen) atoms. The van der Waals surface area contributed by atoms with Crippen molar-refractivity contribution in [3.8, 4) is 0 Å². The summed E-state index contributed by atoms with van der Waals surface area (Å²) < 4.78 is 22.0. The van der Waals surface area contributed by atoms with Crippen molar-refractivity contribution in [2.24, 2.45) is 0 Å². The van der Waals surface area contributed by atoms with Gasteiger partial charge in [0.25, 0.3) is 0 Å². The van der Waals surface area contributed by atoms with Crippen LogP contribution in [0.4, 0.5) is 5.82 Å². The molecule has 0 atom stereocenters. The van der Waals surface area contributed by atoms with Crippen molar-refractivity contribution in [1.82, 2.24) is 4.98 Å². The van der Waals surface area contributed by atoms with Crippen molar-refractivity contribution in [3.63, 3.8) is 0 Å². The van der Waals surface area contributed by atoms with E-state index < -0.39 is 9.84 Å². The first-order valence-corrected chi connectivity index (χ1v) is 7.41. The minimum Gasteiger partial charge on any atom is -0.359 e. The highest BCUT2D eigenvalue weighted by Gasteiger charge is 2.07. The van der Waals surface area contributed by atoms with Crippen molar-refractivity contribution >= 4 is 27.3 Å². The van der Waals surface area contributed by atoms with Crippen LogP contribution in [0.1, 0.15) is 5.56 Å². The molecule has 0 N–H and O–H groups in total. The summed E-state index contributed by atoms with van der Waals surface area (Å²) in [5.74, 6) is 1.29. The molecular weight excluding hydrogens is 248 g/mol. The zero-order valence-corrected chi connectivity index (χ0v) is 10.9. The van der Waals surface area contributed by atoms with Crippen LogP contribution in [0.5, 0.6) is 0 Å². The van der Waals surface area contributed by atoms with E-state index in [0.717, 1.165) is 11.4 Å². The summed E-state index contributed by atoms with van der Waals surface area (Å²) in [6.07, 6.45) is 2.90.